The van der Waals surface area contributed by atoms with E-state index in [1.54, 1.807) is 23.5 Å². The van der Waals surface area contributed by atoms with Crippen molar-refractivity contribution in [1.29, 1.82) is 5.26 Å². The Kier molecular flexibility index (Phi) is 3.86. The van der Waals surface area contributed by atoms with Crippen LogP contribution in [0.3, 0.4) is 0 Å². The zero-order valence-corrected chi connectivity index (χ0v) is 13.1. The highest BCUT2D eigenvalue weighted by atomic mass is 32.1. The Labute approximate surface area is 132 Å². The molecule has 0 saturated carbocycles. The lowest BCUT2D eigenvalue weighted by Gasteiger charge is -1.98. The zero-order chi connectivity index (χ0) is 15.5. The van der Waals surface area contributed by atoms with E-state index in [-0.39, 0.29) is 0 Å². The normalized spacial score (nSPS) is 12.6. The molecule has 2 aromatic carbocycles. The third kappa shape index (κ3) is 2.69. The van der Waals surface area contributed by atoms with Gasteiger partial charge in [-0.3, -0.25) is 0 Å². The van der Waals surface area contributed by atoms with E-state index in [0.29, 0.717) is 5.56 Å². The summed E-state index contributed by atoms with van der Waals surface area (Å²) in [6.45, 7) is 1.91. The molecule has 3 rings (SSSR count). The van der Waals surface area contributed by atoms with Gasteiger partial charge in [-0.2, -0.15) is 10.4 Å². The molecule has 108 valence electrons. The van der Waals surface area contributed by atoms with Gasteiger partial charge in [0.2, 0.25) is 4.80 Å². The van der Waals surface area contributed by atoms with Crippen molar-refractivity contribution in [1.82, 2.24) is 4.57 Å². The van der Waals surface area contributed by atoms with E-state index >= 15 is 0 Å². The second kappa shape index (κ2) is 5.96. The molecule has 0 unspecified atom stereocenters. The van der Waals surface area contributed by atoms with Crippen molar-refractivity contribution in [3.8, 4) is 6.07 Å². The third-order valence-electron chi connectivity index (χ3n) is 3.43. The van der Waals surface area contributed by atoms with Gasteiger partial charge in [-0.05, 0) is 36.8 Å². The maximum Gasteiger partial charge on any atom is 0.211 e. The molecule has 0 aliphatic rings. The fourth-order valence-corrected chi connectivity index (χ4v) is 3.11. The SMILES string of the molecule is CC(=NN=c1sc2ccccc2n1C)c1ccc(C#N)cc1. The summed E-state index contributed by atoms with van der Waals surface area (Å²) in [4.78, 5) is 0.856. The largest absolute Gasteiger partial charge is 0.318 e. The second-order valence-corrected chi connectivity index (χ2v) is 5.90. The van der Waals surface area contributed by atoms with E-state index in [0.717, 1.165) is 21.6 Å². The molecule has 0 aliphatic carbocycles. The van der Waals surface area contributed by atoms with Gasteiger partial charge in [0.25, 0.3) is 0 Å². The van der Waals surface area contributed by atoms with E-state index < -0.39 is 0 Å². The smallest absolute Gasteiger partial charge is 0.211 e. The van der Waals surface area contributed by atoms with Crippen molar-refractivity contribution in [2.45, 2.75) is 6.92 Å². The Bertz CT molecular complexity index is 953. The highest BCUT2D eigenvalue weighted by Crippen LogP contribution is 2.15. The number of hydrogen-bond acceptors (Lipinski definition) is 4. The number of nitriles is 1. The molecule has 5 heteroatoms. The molecule has 1 heterocycles. The van der Waals surface area contributed by atoms with E-state index in [1.807, 2.05) is 42.8 Å². The molecule has 0 N–H and O–H groups in total. The van der Waals surface area contributed by atoms with Crippen LogP contribution in [0.2, 0.25) is 0 Å². The van der Waals surface area contributed by atoms with Gasteiger partial charge in [-0.25, -0.2) is 0 Å². The van der Waals surface area contributed by atoms with Crippen LogP contribution < -0.4 is 4.80 Å². The predicted molar refractivity (Wildman–Crippen MR) is 89.7 cm³/mol. The lowest BCUT2D eigenvalue weighted by Crippen LogP contribution is -2.09. The van der Waals surface area contributed by atoms with Crippen molar-refractivity contribution < 1.29 is 0 Å². The van der Waals surface area contributed by atoms with Gasteiger partial charge in [0.1, 0.15) is 0 Å². The van der Waals surface area contributed by atoms with Crippen LogP contribution >= 0.6 is 11.3 Å². The van der Waals surface area contributed by atoms with Gasteiger partial charge < -0.3 is 4.57 Å². The quantitative estimate of drug-likeness (QED) is 0.528. The Morgan fingerprint density at radius 2 is 1.86 bits per heavy atom. The van der Waals surface area contributed by atoms with Crippen LogP contribution in [-0.2, 0) is 7.05 Å². The number of hydrogen-bond donors (Lipinski definition) is 0. The number of fused-ring (bicyclic) bond motifs is 1. The fraction of sp³-hybridized carbons (Fsp3) is 0.118. The summed E-state index contributed by atoms with van der Waals surface area (Å²) in [6, 6.07) is 17.6. The number of rotatable bonds is 2. The molecular formula is C17H14N4S. The van der Waals surface area contributed by atoms with Crippen molar-refractivity contribution in [3.05, 3.63) is 64.5 Å². The van der Waals surface area contributed by atoms with Gasteiger partial charge in [-0.15, -0.1) is 5.10 Å². The molecule has 22 heavy (non-hydrogen) atoms. The molecule has 0 bridgehead atoms. The Hall–Kier alpha value is -2.71. The first kappa shape index (κ1) is 14.2. The van der Waals surface area contributed by atoms with Crippen LogP contribution in [0.1, 0.15) is 18.1 Å². The molecule has 0 atom stereocenters. The number of aryl methyl sites for hydroxylation is 1. The third-order valence-corrected chi connectivity index (χ3v) is 4.54. The van der Waals surface area contributed by atoms with E-state index in [4.69, 9.17) is 5.26 Å². The Balaban J connectivity index is 1.99. The molecule has 3 aromatic rings. The molecule has 1 aromatic heterocycles. The average Bonchev–Trinajstić information content (AvgIpc) is 2.89. The Morgan fingerprint density at radius 1 is 1.14 bits per heavy atom. The van der Waals surface area contributed by atoms with Crippen LogP contribution in [0.25, 0.3) is 10.2 Å². The monoisotopic (exact) mass is 306 g/mol. The first-order valence-corrected chi connectivity index (χ1v) is 7.64. The maximum atomic E-state index is 8.82. The molecule has 0 aliphatic heterocycles. The van der Waals surface area contributed by atoms with E-state index in [2.05, 4.69) is 28.4 Å². The minimum Gasteiger partial charge on any atom is -0.318 e. The maximum absolute atomic E-state index is 8.82. The van der Waals surface area contributed by atoms with Crippen LogP contribution in [-0.4, -0.2) is 10.3 Å². The van der Waals surface area contributed by atoms with Crippen molar-refractivity contribution in [2.24, 2.45) is 17.3 Å². The molecule has 0 radical (unpaired) electrons. The predicted octanol–water partition coefficient (Wildman–Crippen LogP) is 3.44. The highest BCUT2D eigenvalue weighted by Gasteiger charge is 2.01. The molecule has 0 fully saturated rings. The summed E-state index contributed by atoms with van der Waals surface area (Å²) in [6.07, 6.45) is 0. The number of para-hydroxylation sites is 1. The van der Waals surface area contributed by atoms with Gasteiger partial charge in [-0.1, -0.05) is 35.6 Å². The second-order valence-electron chi connectivity index (χ2n) is 4.89. The zero-order valence-electron chi connectivity index (χ0n) is 12.3. The summed E-state index contributed by atoms with van der Waals surface area (Å²) in [5, 5.41) is 17.5. The lowest BCUT2D eigenvalue weighted by atomic mass is 10.1. The summed E-state index contributed by atoms with van der Waals surface area (Å²) < 4.78 is 3.23. The standard InChI is InChI=1S/C17H14N4S/c1-12(14-9-7-13(11-18)8-10-14)19-20-17-21(2)15-5-3-4-6-16(15)22-17/h3-10H,1-2H3. The average molecular weight is 306 g/mol. The summed E-state index contributed by atoms with van der Waals surface area (Å²) >= 11 is 1.61. The molecular weight excluding hydrogens is 292 g/mol. The van der Waals surface area contributed by atoms with Crippen LogP contribution in [0.15, 0.2) is 58.7 Å². The van der Waals surface area contributed by atoms with Crippen LogP contribution in [0, 0.1) is 11.3 Å². The van der Waals surface area contributed by atoms with Gasteiger partial charge in [0.15, 0.2) is 0 Å². The fourth-order valence-electron chi connectivity index (χ4n) is 2.14. The van der Waals surface area contributed by atoms with Gasteiger partial charge in [0.05, 0.1) is 27.6 Å². The number of benzene rings is 2. The minimum absolute atomic E-state index is 0.643. The number of nitrogens with zero attached hydrogens (tertiary/aromatic N) is 4. The minimum atomic E-state index is 0.643. The molecule has 4 nitrogen and oxygen atoms in total. The first-order valence-electron chi connectivity index (χ1n) is 6.82. The number of aromatic nitrogens is 1. The summed E-state index contributed by atoms with van der Waals surface area (Å²) in [7, 11) is 1.99. The lowest BCUT2D eigenvalue weighted by molar-refractivity contribution is 0.888. The molecule has 0 spiro atoms. The topological polar surface area (TPSA) is 53.4 Å². The molecule has 0 amide bonds. The highest BCUT2D eigenvalue weighted by molar-refractivity contribution is 7.16. The van der Waals surface area contributed by atoms with Crippen molar-refractivity contribution in [3.63, 3.8) is 0 Å². The van der Waals surface area contributed by atoms with Crippen LogP contribution in [0.4, 0.5) is 0 Å². The summed E-state index contributed by atoms with van der Waals surface area (Å²) in [5.74, 6) is 0. The summed E-state index contributed by atoms with van der Waals surface area (Å²) in [5.41, 5.74) is 3.58. The van der Waals surface area contributed by atoms with E-state index in [1.165, 1.54) is 4.70 Å². The van der Waals surface area contributed by atoms with Crippen LogP contribution in [0.5, 0.6) is 0 Å². The van der Waals surface area contributed by atoms with Crippen molar-refractivity contribution in [2.75, 3.05) is 0 Å². The number of thiazole rings is 1. The van der Waals surface area contributed by atoms with Crippen molar-refractivity contribution >= 4 is 27.3 Å². The van der Waals surface area contributed by atoms with Gasteiger partial charge in [0, 0.05) is 7.05 Å². The van der Waals surface area contributed by atoms with E-state index in [9.17, 15) is 0 Å². The first-order chi connectivity index (χ1) is 10.7. The Morgan fingerprint density at radius 3 is 2.55 bits per heavy atom. The molecule has 0 saturated heterocycles. The van der Waals surface area contributed by atoms with Gasteiger partial charge >= 0.3 is 0 Å².